The second-order valence-corrected chi connectivity index (χ2v) is 6.17. The van der Waals surface area contributed by atoms with Crippen molar-refractivity contribution in [2.24, 2.45) is 10.9 Å². The highest BCUT2D eigenvalue weighted by molar-refractivity contribution is 6.14. The highest BCUT2D eigenvalue weighted by Gasteiger charge is 2.29. The molecule has 2 atom stereocenters. The molecular formula is C19H19FN2. The molecule has 1 N–H and O–H groups in total. The molecule has 2 aliphatic rings. The summed E-state index contributed by atoms with van der Waals surface area (Å²) in [6.45, 7) is 2.14. The third-order valence-electron chi connectivity index (χ3n) is 4.76. The summed E-state index contributed by atoms with van der Waals surface area (Å²) in [6, 6.07) is 15.5. The van der Waals surface area contributed by atoms with Crippen LogP contribution in [0.1, 0.15) is 23.1 Å². The maximum Gasteiger partial charge on any atom is 0.123 e. The summed E-state index contributed by atoms with van der Waals surface area (Å²) in [5.41, 5.74) is 4.56. The van der Waals surface area contributed by atoms with Crippen LogP contribution in [0.4, 0.5) is 4.39 Å². The van der Waals surface area contributed by atoms with Crippen molar-refractivity contribution in [2.75, 3.05) is 13.1 Å². The molecule has 2 aromatic carbocycles. The van der Waals surface area contributed by atoms with Crippen molar-refractivity contribution in [2.45, 2.75) is 18.9 Å². The van der Waals surface area contributed by atoms with E-state index in [1.54, 1.807) is 0 Å². The van der Waals surface area contributed by atoms with Crippen molar-refractivity contribution in [3.05, 3.63) is 71.0 Å². The molecule has 1 fully saturated rings. The predicted octanol–water partition coefficient (Wildman–Crippen LogP) is 3.20. The monoisotopic (exact) mass is 294 g/mol. The molecule has 0 radical (unpaired) electrons. The lowest BCUT2D eigenvalue weighted by Gasteiger charge is -2.27. The predicted molar refractivity (Wildman–Crippen MR) is 86.9 cm³/mol. The van der Waals surface area contributed by atoms with Gasteiger partial charge in [0.2, 0.25) is 0 Å². The molecular weight excluding hydrogens is 275 g/mol. The Bertz CT molecular complexity index is 700. The fourth-order valence-electron chi connectivity index (χ4n) is 3.55. The zero-order valence-corrected chi connectivity index (χ0v) is 12.4. The summed E-state index contributed by atoms with van der Waals surface area (Å²) >= 11 is 0. The molecule has 1 saturated heterocycles. The summed E-state index contributed by atoms with van der Waals surface area (Å²) in [4.78, 5) is 5.06. The Balaban J connectivity index is 1.78. The number of halogens is 1. The van der Waals surface area contributed by atoms with Gasteiger partial charge < -0.3 is 5.32 Å². The van der Waals surface area contributed by atoms with Gasteiger partial charge in [-0.1, -0.05) is 24.3 Å². The van der Waals surface area contributed by atoms with Crippen LogP contribution in [0, 0.1) is 11.7 Å². The smallest absolute Gasteiger partial charge is 0.123 e. The van der Waals surface area contributed by atoms with E-state index in [9.17, 15) is 4.39 Å². The molecule has 4 rings (SSSR count). The van der Waals surface area contributed by atoms with Crippen LogP contribution in [-0.2, 0) is 6.42 Å². The van der Waals surface area contributed by atoms with E-state index < -0.39 is 0 Å². The molecule has 0 aromatic heterocycles. The van der Waals surface area contributed by atoms with Crippen LogP contribution >= 0.6 is 0 Å². The van der Waals surface area contributed by atoms with Crippen molar-refractivity contribution in [3.8, 4) is 0 Å². The van der Waals surface area contributed by atoms with E-state index in [0.29, 0.717) is 12.0 Å². The van der Waals surface area contributed by atoms with E-state index in [1.807, 2.05) is 12.1 Å². The third kappa shape index (κ3) is 2.46. The van der Waals surface area contributed by atoms with Crippen LogP contribution < -0.4 is 5.32 Å². The van der Waals surface area contributed by atoms with Crippen LogP contribution in [-0.4, -0.2) is 24.8 Å². The first-order chi connectivity index (χ1) is 10.8. The Morgan fingerprint density at radius 1 is 1.05 bits per heavy atom. The summed E-state index contributed by atoms with van der Waals surface area (Å²) in [6.07, 6.45) is 2.19. The number of benzene rings is 2. The maximum atomic E-state index is 13.2. The van der Waals surface area contributed by atoms with Crippen molar-refractivity contribution < 1.29 is 4.39 Å². The van der Waals surface area contributed by atoms with E-state index in [-0.39, 0.29) is 5.82 Å². The highest BCUT2D eigenvalue weighted by Crippen LogP contribution is 2.29. The Labute approximate surface area is 130 Å². The first kappa shape index (κ1) is 13.6. The van der Waals surface area contributed by atoms with E-state index in [2.05, 4.69) is 29.6 Å². The highest BCUT2D eigenvalue weighted by atomic mass is 19.1. The molecule has 0 saturated carbocycles. The minimum atomic E-state index is -0.204. The Hall–Kier alpha value is -2.00. The number of aliphatic imine (C=N–C) groups is 1. The van der Waals surface area contributed by atoms with Gasteiger partial charge in [-0.3, -0.25) is 4.99 Å². The van der Waals surface area contributed by atoms with Gasteiger partial charge in [0.1, 0.15) is 5.82 Å². The molecule has 0 bridgehead atoms. The van der Waals surface area contributed by atoms with Gasteiger partial charge in [0.15, 0.2) is 0 Å². The molecule has 22 heavy (non-hydrogen) atoms. The van der Waals surface area contributed by atoms with Gasteiger partial charge in [0.25, 0.3) is 0 Å². The van der Waals surface area contributed by atoms with Gasteiger partial charge in [0, 0.05) is 17.7 Å². The van der Waals surface area contributed by atoms with Gasteiger partial charge in [0.05, 0.1) is 11.8 Å². The van der Waals surface area contributed by atoms with Crippen molar-refractivity contribution >= 4 is 5.71 Å². The molecule has 0 aliphatic carbocycles. The van der Waals surface area contributed by atoms with Crippen LogP contribution in [0.15, 0.2) is 53.5 Å². The topological polar surface area (TPSA) is 24.4 Å². The quantitative estimate of drug-likeness (QED) is 0.904. The number of rotatable bonds is 2. The molecule has 112 valence electrons. The first-order valence-corrected chi connectivity index (χ1v) is 7.94. The zero-order valence-electron chi connectivity index (χ0n) is 12.4. The van der Waals surface area contributed by atoms with E-state index in [4.69, 9.17) is 4.99 Å². The minimum Gasteiger partial charge on any atom is -0.316 e. The van der Waals surface area contributed by atoms with Gasteiger partial charge >= 0.3 is 0 Å². The van der Waals surface area contributed by atoms with Crippen molar-refractivity contribution in [3.63, 3.8) is 0 Å². The average molecular weight is 294 g/mol. The first-order valence-electron chi connectivity index (χ1n) is 7.94. The molecule has 0 unspecified atom stereocenters. The standard InChI is InChI=1S/C19H19FN2/c20-16-7-5-13(6-8-16)19-17-4-2-1-3-14(17)11-18(22-19)15-9-10-21-12-15/h1-8,15,18,21H,9-12H2/t15-,18-/m1/s1. The molecule has 2 aromatic rings. The number of hydrogen-bond acceptors (Lipinski definition) is 2. The van der Waals surface area contributed by atoms with Crippen LogP contribution in [0.5, 0.6) is 0 Å². The lowest BCUT2D eigenvalue weighted by atomic mass is 9.85. The van der Waals surface area contributed by atoms with Gasteiger partial charge in [-0.25, -0.2) is 4.39 Å². The van der Waals surface area contributed by atoms with E-state index in [1.165, 1.54) is 29.7 Å². The van der Waals surface area contributed by atoms with Crippen molar-refractivity contribution in [1.29, 1.82) is 0 Å². The lowest BCUT2D eigenvalue weighted by molar-refractivity contribution is 0.451. The molecule has 2 heterocycles. The maximum absolute atomic E-state index is 13.2. The largest absolute Gasteiger partial charge is 0.316 e. The Kier molecular flexibility index (Phi) is 3.51. The van der Waals surface area contributed by atoms with Gasteiger partial charge in [-0.05, 0) is 55.1 Å². The van der Waals surface area contributed by atoms with Crippen LogP contribution in [0.2, 0.25) is 0 Å². The molecule has 0 spiro atoms. The second-order valence-electron chi connectivity index (χ2n) is 6.17. The van der Waals surface area contributed by atoms with Crippen LogP contribution in [0.3, 0.4) is 0 Å². The fourth-order valence-corrected chi connectivity index (χ4v) is 3.55. The summed E-state index contributed by atoms with van der Waals surface area (Å²) < 4.78 is 13.2. The lowest BCUT2D eigenvalue weighted by Crippen LogP contribution is -2.29. The minimum absolute atomic E-state index is 0.204. The fraction of sp³-hybridized carbons (Fsp3) is 0.316. The number of nitrogens with zero attached hydrogens (tertiary/aromatic N) is 1. The zero-order chi connectivity index (χ0) is 14.9. The number of nitrogens with one attached hydrogen (secondary N) is 1. The normalized spacial score (nSPS) is 24.0. The molecule has 3 heteroatoms. The summed E-state index contributed by atoms with van der Waals surface area (Å²) in [5.74, 6) is 0.397. The summed E-state index contributed by atoms with van der Waals surface area (Å²) in [7, 11) is 0. The molecule has 0 amide bonds. The molecule has 2 aliphatic heterocycles. The van der Waals surface area contributed by atoms with Crippen LogP contribution in [0.25, 0.3) is 0 Å². The van der Waals surface area contributed by atoms with Gasteiger partial charge in [-0.2, -0.15) is 0 Å². The number of hydrogen-bond donors (Lipinski definition) is 1. The average Bonchev–Trinajstić information content (AvgIpc) is 3.09. The third-order valence-corrected chi connectivity index (χ3v) is 4.76. The van der Waals surface area contributed by atoms with Gasteiger partial charge in [-0.15, -0.1) is 0 Å². The van der Waals surface area contributed by atoms with E-state index >= 15 is 0 Å². The van der Waals surface area contributed by atoms with E-state index in [0.717, 1.165) is 30.8 Å². The number of fused-ring (bicyclic) bond motifs is 1. The second kappa shape index (κ2) is 5.65. The Morgan fingerprint density at radius 2 is 1.86 bits per heavy atom. The summed E-state index contributed by atoms with van der Waals surface area (Å²) in [5, 5.41) is 3.44. The SMILES string of the molecule is Fc1ccc(C2=N[C@@H]([C@@H]3CCNC3)Cc3ccccc32)cc1. The van der Waals surface area contributed by atoms with Crippen molar-refractivity contribution in [1.82, 2.24) is 5.32 Å². The molecule has 2 nitrogen and oxygen atoms in total. The Morgan fingerprint density at radius 3 is 2.64 bits per heavy atom.